The molecule has 0 radical (unpaired) electrons. The van der Waals surface area contributed by atoms with Crippen LogP contribution in [0, 0.1) is 0 Å². The summed E-state index contributed by atoms with van der Waals surface area (Å²) in [5.41, 5.74) is 2.25. The Hall–Kier alpha value is -1.57. The molecule has 0 saturated carbocycles. The van der Waals surface area contributed by atoms with E-state index in [9.17, 15) is 4.79 Å². The number of hydrogen-bond acceptors (Lipinski definition) is 1. The summed E-state index contributed by atoms with van der Waals surface area (Å²) in [6.45, 7) is 0. The molecule has 0 unspecified atom stereocenters. The molecule has 0 bridgehead atoms. The zero-order chi connectivity index (χ0) is 9.26. The Labute approximate surface area is 76.8 Å². The molecule has 66 valence electrons. The fourth-order valence-corrected chi connectivity index (χ4v) is 1.63. The summed E-state index contributed by atoms with van der Waals surface area (Å²) in [7, 11) is 1.99. The van der Waals surface area contributed by atoms with Gasteiger partial charge in [0.25, 0.3) is 0 Å². The number of rotatable bonds is 2. The van der Waals surface area contributed by atoms with Gasteiger partial charge in [-0.25, -0.2) is 0 Å². The maximum atomic E-state index is 10.4. The number of carbonyl (C=O) groups excluding carboxylic acids is 1. The molecule has 0 aliphatic carbocycles. The van der Waals surface area contributed by atoms with Crippen LogP contribution in [0.2, 0.25) is 0 Å². The quantitative estimate of drug-likeness (QED) is 0.636. The molecule has 0 N–H and O–H groups in total. The molecule has 0 amide bonds. The summed E-state index contributed by atoms with van der Waals surface area (Å²) in [5, 5.41) is 1.20. The molecule has 0 saturated heterocycles. The van der Waals surface area contributed by atoms with Crippen molar-refractivity contribution >= 4 is 17.2 Å². The standard InChI is InChI=1S/C11H11NO/c1-12-10(6-7-13)8-9-4-2-3-5-11(9)12/h2-5,7-8H,6H2,1H3. The number of hydrogen-bond donors (Lipinski definition) is 0. The Morgan fingerprint density at radius 2 is 2.15 bits per heavy atom. The van der Waals surface area contributed by atoms with Crippen LogP contribution in [0.4, 0.5) is 0 Å². The van der Waals surface area contributed by atoms with E-state index >= 15 is 0 Å². The maximum Gasteiger partial charge on any atom is 0.125 e. The molecule has 2 aromatic rings. The average Bonchev–Trinajstić information content (AvgIpc) is 2.46. The van der Waals surface area contributed by atoms with Crippen molar-refractivity contribution in [3.8, 4) is 0 Å². The summed E-state index contributed by atoms with van der Waals surface area (Å²) in [4.78, 5) is 10.4. The minimum Gasteiger partial charge on any atom is -0.347 e. The molecule has 2 heteroatoms. The second-order valence-electron chi connectivity index (χ2n) is 3.12. The molecule has 0 fully saturated rings. The fourth-order valence-electron chi connectivity index (χ4n) is 1.63. The zero-order valence-corrected chi connectivity index (χ0v) is 7.53. The van der Waals surface area contributed by atoms with Crippen LogP contribution in [-0.2, 0) is 18.3 Å². The van der Waals surface area contributed by atoms with E-state index in [2.05, 4.69) is 22.8 Å². The van der Waals surface area contributed by atoms with E-state index in [-0.39, 0.29) is 0 Å². The summed E-state index contributed by atoms with van der Waals surface area (Å²) in [6.07, 6.45) is 1.43. The molecule has 2 rings (SSSR count). The van der Waals surface area contributed by atoms with Gasteiger partial charge in [-0.1, -0.05) is 18.2 Å². The van der Waals surface area contributed by atoms with Gasteiger partial charge in [0.15, 0.2) is 0 Å². The van der Waals surface area contributed by atoms with E-state index < -0.39 is 0 Å². The van der Waals surface area contributed by atoms with E-state index in [0.717, 1.165) is 12.0 Å². The lowest BCUT2D eigenvalue weighted by atomic mass is 10.2. The zero-order valence-electron chi connectivity index (χ0n) is 7.53. The third-order valence-corrected chi connectivity index (χ3v) is 2.34. The van der Waals surface area contributed by atoms with Crippen molar-refractivity contribution in [1.82, 2.24) is 4.57 Å². The molecule has 0 aliphatic rings. The predicted octanol–water partition coefficient (Wildman–Crippen LogP) is 1.92. The minimum atomic E-state index is 0.491. The highest BCUT2D eigenvalue weighted by atomic mass is 16.1. The summed E-state index contributed by atoms with van der Waals surface area (Å²) in [5.74, 6) is 0. The second kappa shape index (κ2) is 3.05. The first-order valence-corrected chi connectivity index (χ1v) is 4.30. The number of aldehydes is 1. The van der Waals surface area contributed by atoms with Gasteiger partial charge in [0.2, 0.25) is 0 Å². The normalized spacial score (nSPS) is 10.5. The Balaban J connectivity index is 2.66. The maximum absolute atomic E-state index is 10.4. The van der Waals surface area contributed by atoms with Crippen molar-refractivity contribution in [2.75, 3.05) is 0 Å². The van der Waals surface area contributed by atoms with Gasteiger partial charge in [-0.3, -0.25) is 0 Å². The van der Waals surface area contributed by atoms with E-state index in [1.54, 1.807) is 0 Å². The van der Waals surface area contributed by atoms with Gasteiger partial charge in [0.05, 0.1) is 0 Å². The first-order valence-electron chi connectivity index (χ1n) is 4.30. The van der Waals surface area contributed by atoms with Crippen molar-refractivity contribution in [3.05, 3.63) is 36.0 Å². The molecule has 1 heterocycles. The SMILES string of the molecule is Cn1c(CC=O)cc2ccccc21. The van der Waals surface area contributed by atoms with Crippen LogP contribution in [-0.4, -0.2) is 10.9 Å². The Morgan fingerprint density at radius 1 is 1.38 bits per heavy atom. The molecular weight excluding hydrogens is 162 g/mol. The number of nitrogens with zero attached hydrogens (tertiary/aromatic N) is 1. The lowest BCUT2D eigenvalue weighted by Gasteiger charge is -1.98. The first kappa shape index (κ1) is 8.05. The van der Waals surface area contributed by atoms with Gasteiger partial charge >= 0.3 is 0 Å². The number of aromatic nitrogens is 1. The fraction of sp³-hybridized carbons (Fsp3) is 0.182. The van der Waals surface area contributed by atoms with Gasteiger partial charge < -0.3 is 9.36 Å². The van der Waals surface area contributed by atoms with E-state index in [1.165, 1.54) is 10.9 Å². The van der Waals surface area contributed by atoms with Crippen LogP contribution >= 0.6 is 0 Å². The first-order chi connectivity index (χ1) is 6.33. The molecule has 2 nitrogen and oxygen atoms in total. The van der Waals surface area contributed by atoms with Crippen molar-refractivity contribution in [3.63, 3.8) is 0 Å². The van der Waals surface area contributed by atoms with Crippen LogP contribution in [0.25, 0.3) is 10.9 Å². The smallest absolute Gasteiger partial charge is 0.125 e. The number of fused-ring (bicyclic) bond motifs is 1. The van der Waals surface area contributed by atoms with Crippen molar-refractivity contribution in [2.45, 2.75) is 6.42 Å². The van der Waals surface area contributed by atoms with Gasteiger partial charge in [-0.15, -0.1) is 0 Å². The summed E-state index contributed by atoms with van der Waals surface area (Å²) < 4.78 is 2.06. The predicted molar refractivity (Wildman–Crippen MR) is 52.7 cm³/mol. The highest BCUT2D eigenvalue weighted by Gasteiger charge is 2.02. The average molecular weight is 173 g/mol. The molecular formula is C11H11NO. The van der Waals surface area contributed by atoms with Crippen molar-refractivity contribution in [1.29, 1.82) is 0 Å². The number of benzene rings is 1. The molecule has 0 aliphatic heterocycles. The molecule has 0 atom stereocenters. The van der Waals surface area contributed by atoms with Crippen molar-refractivity contribution in [2.24, 2.45) is 7.05 Å². The highest BCUT2D eigenvalue weighted by molar-refractivity contribution is 5.81. The third kappa shape index (κ3) is 1.24. The van der Waals surface area contributed by atoms with Crippen LogP contribution in [0.1, 0.15) is 5.69 Å². The number of carbonyl (C=O) groups is 1. The lowest BCUT2D eigenvalue weighted by molar-refractivity contribution is -0.107. The Morgan fingerprint density at radius 3 is 2.85 bits per heavy atom. The second-order valence-corrected chi connectivity index (χ2v) is 3.12. The molecule has 0 spiro atoms. The number of para-hydroxylation sites is 1. The minimum absolute atomic E-state index is 0.491. The van der Waals surface area contributed by atoms with Crippen LogP contribution in [0.5, 0.6) is 0 Å². The topological polar surface area (TPSA) is 22.0 Å². The summed E-state index contributed by atoms with van der Waals surface area (Å²) >= 11 is 0. The number of aryl methyl sites for hydroxylation is 1. The van der Waals surface area contributed by atoms with Crippen LogP contribution in [0.15, 0.2) is 30.3 Å². The van der Waals surface area contributed by atoms with Crippen LogP contribution in [0.3, 0.4) is 0 Å². The van der Waals surface area contributed by atoms with Gasteiger partial charge in [0, 0.05) is 24.7 Å². The van der Waals surface area contributed by atoms with Crippen LogP contribution < -0.4 is 0 Å². The van der Waals surface area contributed by atoms with E-state index in [1.807, 2.05) is 19.2 Å². The lowest BCUT2D eigenvalue weighted by Crippen LogP contribution is -1.95. The Bertz CT molecular complexity index is 442. The molecule has 1 aromatic heterocycles. The van der Waals surface area contributed by atoms with Gasteiger partial charge in [-0.2, -0.15) is 0 Å². The molecule has 1 aromatic carbocycles. The van der Waals surface area contributed by atoms with E-state index in [0.29, 0.717) is 6.42 Å². The largest absolute Gasteiger partial charge is 0.347 e. The van der Waals surface area contributed by atoms with Crippen molar-refractivity contribution < 1.29 is 4.79 Å². The van der Waals surface area contributed by atoms with Gasteiger partial charge in [0.1, 0.15) is 6.29 Å². The molecule has 13 heavy (non-hydrogen) atoms. The third-order valence-electron chi connectivity index (χ3n) is 2.34. The Kier molecular flexibility index (Phi) is 1.89. The van der Waals surface area contributed by atoms with E-state index in [4.69, 9.17) is 0 Å². The van der Waals surface area contributed by atoms with Gasteiger partial charge in [-0.05, 0) is 17.5 Å². The summed E-state index contributed by atoms with van der Waals surface area (Å²) in [6, 6.07) is 10.2. The monoisotopic (exact) mass is 173 g/mol. The highest BCUT2D eigenvalue weighted by Crippen LogP contribution is 2.17.